The number of urea groups is 1. The minimum Gasteiger partial charge on any atom is -0.351 e. The lowest BCUT2D eigenvalue weighted by Crippen LogP contribution is -2.39. The lowest BCUT2D eigenvalue weighted by Gasteiger charge is -2.14. The summed E-state index contributed by atoms with van der Waals surface area (Å²) in [6.07, 6.45) is 5.74. The summed E-state index contributed by atoms with van der Waals surface area (Å²) in [6.45, 7) is 5.65. The van der Waals surface area contributed by atoms with Gasteiger partial charge in [-0.1, -0.05) is 17.8 Å². The molecule has 7 nitrogen and oxygen atoms in total. The number of nitrogens with two attached hydrogens (primary N) is 1. The SMILES string of the molecule is C=CCn1c(S[C@@H](C)C(=O)NC(N)=O)nc2sc3c(c2c1=O)CCCC3. The molecule has 2 aromatic rings. The normalized spacial score (nSPS) is 14.7. The summed E-state index contributed by atoms with van der Waals surface area (Å²) in [5.74, 6) is -0.521. The lowest BCUT2D eigenvalue weighted by molar-refractivity contribution is -0.119. The molecule has 0 fully saturated rings. The van der Waals surface area contributed by atoms with Crippen LogP contribution in [0.4, 0.5) is 4.79 Å². The van der Waals surface area contributed by atoms with Crippen molar-refractivity contribution in [3.63, 3.8) is 0 Å². The van der Waals surface area contributed by atoms with Crippen molar-refractivity contribution >= 4 is 45.3 Å². The van der Waals surface area contributed by atoms with Gasteiger partial charge in [-0.3, -0.25) is 19.5 Å². The van der Waals surface area contributed by atoms with Crippen LogP contribution in [-0.2, 0) is 24.2 Å². The first-order valence-corrected chi connectivity index (χ1v) is 10.0. The number of allylic oxidation sites excluding steroid dienone is 1. The molecule has 1 aliphatic rings. The fourth-order valence-corrected chi connectivity index (χ4v) is 5.26. The zero-order valence-corrected chi connectivity index (χ0v) is 16.0. The highest BCUT2D eigenvalue weighted by atomic mass is 32.2. The number of amides is 3. The summed E-state index contributed by atoms with van der Waals surface area (Å²) in [6, 6.07) is -0.903. The molecule has 1 atom stereocenters. The second kappa shape index (κ2) is 7.63. The van der Waals surface area contributed by atoms with Gasteiger partial charge in [0.25, 0.3) is 5.56 Å². The first kappa shape index (κ1) is 18.7. The van der Waals surface area contributed by atoms with Crippen LogP contribution in [0.1, 0.15) is 30.2 Å². The Morgan fingerprint density at radius 1 is 1.46 bits per heavy atom. The van der Waals surface area contributed by atoms with Gasteiger partial charge in [-0.15, -0.1) is 17.9 Å². The molecule has 0 saturated heterocycles. The number of imide groups is 1. The van der Waals surface area contributed by atoms with Gasteiger partial charge in [0.2, 0.25) is 5.91 Å². The number of nitrogens with one attached hydrogen (secondary N) is 1. The van der Waals surface area contributed by atoms with E-state index in [9.17, 15) is 14.4 Å². The van der Waals surface area contributed by atoms with E-state index >= 15 is 0 Å². The molecule has 0 saturated carbocycles. The average molecular weight is 393 g/mol. The van der Waals surface area contributed by atoms with Crippen molar-refractivity contribution in [2.24, 2.45) is 5.73 Å². The Labute approximate surface area is 158 Å². The third-order valence-corrected chi connectivity index (χ3v) is 6.53. The molecule has 1 aliphatic carbocycles. The second-order valence-electron chi connectivity index (χ2n) is 6.10. The number of aromatic nitrogens is 2. The summed E-state index contributed by atoms with van der Waals surface area (Å²) in [7, 11) is 0. The molecule has 26 heavy (non-hydrogen) atoms. The maximum absolute atomic E-state index is 13.1. The number of carbonyl (C=O) groups is 2. The van der Waals surface area contributed by atoms with Gasteiger partial charge >= 0.3 is 6.03 Å². The molecule has 9 heteroatoms. The second-order valence-corrected chi connectivity index (χ2v) is 8.50. The fourth-order valence-electron chi connectivity index (χ4n) is 3.03. The third-order valence-electron chi connectivity index (χ3n) is 4.25. The van der Waals surface area contributed by atoms with Crippen LogP contribution < -0.4 is 16.6 Å². The predicted octanol–water partition coefficient (Wildman–Crippen LogP) is 2.20. The van der Waals surface area contributed by atoms with E-state index in [0.29, 0.717) is 21.9 Å². The van der Waals surface area contributed by atoms with Gasteiger partial charge in [0.1, 0.15) is 4.83 Å². The van der Waals surface area contributed by atoms with E-state index in [1.807, 2.05) is 0 Å². The van der Waals surface area contributed by atoms with Crippen molar-refractivity contribution in [1.82, 2.24) is 14.9 Å². The number of primary amides is 1. The molecule has 2 aromatic heterocycles. The maximum atomic E-state index is 13.1. The average Bonchev–Trinajstić information content (AvgIpc) is 2.96. The summed E-state index contributed by atoms with van der Waals surface area (Å²) in [5.41, 5.74) is 6.02. The van der Waals surface area contributed by atoms with E-state index in [-0.39, 0.29) is 5.56 Å². The number of fused-ring (bicyclic) bond motifs is 3. The van der Waals surface area contributed by atoms with Crippen LogP contribution in [0.2, 0.25) is 0 Å². The molecule has 0 aromatic carbocycles. The van der Waals surface area contributed by atoms with Crippen LogP contribution in [0, 0.1) is 0 Å². The molecular formula is C17H20N4O3S2. The van der Waals surface area contributed by atoms with Crippen molar-refractivity contribution in [2.45, 2.75) is 49.6 Å². The Morgan fingerprint density at radius 2 is 2.19 bits per heavy atom. The van der Waals surface area contributed by atoms with Gasteiger partial charge in [-0.05, 0) is 38.2 Å². The van der Waals surface area contributed by atoms with E-state index in [0.717, 1.165) is 43.0 Å². The Kier molecular flexibility index (Phi) is 5.47. The minimum atomic E-state index is -0.903. The van der Waals surface area contributed by atoms with Crippen molar-refractivity contribution in [3.05, 3.63) is 33.4 Å². The molecule has 138 valence electrons. The summed E-state index contributed by atoms with van der Waals surface area (Å²) in [4.78, 5) is 42.6. The Hall–Kier alpha value is -2.13. The number of thioether (sulfide) groups is 1. The molecule has 0 unspecified atom stereocenters. The monoisotopic (exact) mass is 392 g/mol. The van der Waals surface area contributed by atoms with Crippen molar-refractivity contribution < 1.29 is 9.59 Å². The smallest absolute Gasteiger partial charge is 0.318 e. The van der Waals surface area contributed by atoms with E-state index in [1.54, 1.807) is 24.3 Å². The minimum absolute atomic E-state index is 0.0979. The zero-order valence-electron chi connectivity index (χ0n) is 14.4. The van der Waals surface area contributed by atoms with Crippen LogP contribution in [-0.4, -0.2) is 26.7 Å². The molecule has 3 rings (SSSR count). The van der Waals surface area contributed by atoms with Crippen molar-refractivity contribution in [2.75, 3.05) is 0 Å². The fraction of sp³-hybridized carbons (Fsp3) is 0.412. The van der Waals surface area contributed by atoms with Crippen LogP contribution >= 0.6 is 23.1 Å². The van der Waals surface area contributed by atoms with Crippen LogP contribution in [0.15, 0.2) is 22.6 Å². The highest BCUT2D eigenvalue weighted by Gasteiger charge is 2.24. The summed E-state index contributed by atoms with van der Waals surface area (Å²) < 4.78 is 1.54. The number of thiophene rings is 1. The lowest BCUT2D eigenvalue weighted by atomic mass is 9.97. The Balaban J connectivity index is 2.05. The van der Waals surface area contributed by atoms with E-state index in [2.05, 4.69) is 16.9 Å². The zero-order chi connectivity index (χ0) is 18.8. The standard InChI is InChI=1S/C17H20N4O3S2/c1-3-8-21-15(23)12-10-6-4-5-7-11(10)26-14(12)20-17(21)25-9(2)13(22)19-16(18)24/h3,9H,1,4-8H2,2H3,(H3,18,19,22,24)/t9-/m0/s1. The van der Waals surface area contributed by atoms with Gasteiger partial charge in [-0.2, -0.15) is 0 Å². The van der Waals surface area contributed by atoms with Crippen LogP contribution in [0.5, 0.6) is 0 Å². The number of carbonyl (C=O) groups excluding carboxylic acids is 2. The quantitative estimate of drug-likeness (QED) is 0.461. The molecule has 0 bridgehead atoms. The van der Waals surface area contributed by atoms with Gasteiger partial charge in [0, 0.05) is 11.4 Å². The summed E-state index contributed by atoms with van der Waals surface area (Å²) >= 11 is 2.69. The first-order valence-electron chi connectivity index (χ1n) is 8.35. The van der Waals surface area contributed by atoms with E-state index in [1.165, 1.54) is 9.44 Å². The third kappa shape index (κ3) is 3.54. The molecular weight excluding hydrogens is 372 g/mol. The maximum Gasteiger partial charge on any atom is 0.318 e. The number of rotatable bonds is 5. The van der Waals surface area contributed by atoms with Gasteiger partial charge in [0.15, 0.2) is 5.16 Å². The van der Waals surface area contributed by atoms with Crippen molar-refractivity contribution in [3.8, 4) is 0 Å². The molecule has 3 N–H and O–H groups in total. The predicted molar refractivity (Wildman–Crippen MR) is 104 cm³/mol. The van der Waals surface area contributed by atoms with Crippen molar-refractivity contribution in [1.29, 1.82) is 0 Å². The first-order chi connectivity index (χ1) is 12.4. The largest absolute Gasteiger partial charge is 0.351 e. The van der Waals surface area contributed by atoms with Gasteiger partial charge in [-0.25, -0.2) is 9.78 Å². The molecule has 0 spiro atoms. The van der Waals surface area contributed by atoms with Crippen LogP contribution in [0.25, 0.3) is 10.2 Å². The number of hydrogen-bond acceptors (Lipinski definition) is 6. The van der Waals surface area contributed by atoms with E-state index < -0.39 is 17.2 Å². The topological polar surface area (TPSA) is 107 Å². The van der Waals surface area contributed by atoms with Gasteiger partial charge < -0.3 is 5.73 Å². The number of nitrogens with zero attached hydrogens (tertiary/aromatic N) is 2. The molecule has 0 aliphatic heterocycles. The number of hydrogen-bond donors (Lipinski definition) is 2. The highest BCUT2D eigenvalue weighted by Crippen LogP contribution is 2.35. The Bertz CT molecular complexity index is 948. The highest BCUT2D eigenvalue weighted by molar-refractivity contribution is 8.00. The molecule has 2 heterocycles. The van der Waals surface area contributed by atoms with E-state index in [4.69, 9.17) is 5.73 Å². The Morgan fingerprint density at radius 3 is 2.88 bits per heavy atom. The number of aryl methyl sites for hydroxylation is 2. The molecule has 3 amide bonds. The summed E-state index contributed by atoms with van der Waals surface area (Å²) in [5, 5.41) is 2.56. The van der Waals surface area contributed by atoms with Crippen LogP contribution in [0.3, 0.4) is 0 Å². The van der Waals surface area contributed by atoms with Gasteiger partial charge in [0.05, 0.1) is 10.6 Å². The molecule has 0 radical (unpaired) electrons.